The van der Waals surface area contributed by atoms with Crippen molar-refractivity contribution in [2.75, 3.05) is 5.73 Å². The minimum Gasteiger partial charge on any atom is -0.398 e. The third-order valence-corrected chi connectivity index (χ3v) is 3.59. The Morgan fingerprint density at radius 2 is 2.18 bits per heavy atom. The summed E-state index contributed by atoms with van der Waals surface area (Å²) in [5.41, 5.74) is 7.10. The maximum absolute atomic E-state index is 12.9. The number of nitrogen functional groups attached to an aromatic ring is 1. The molecule has 0 fully saturated rings. The number of benzene rings is 1. The molecular formula is C11H13FN4S. The van der Waals surface area contributed by atoms with Gasteiger partial charge in [-0.05, 0) is 24.6 Å². The number of nitrogens with two attached hydrogens (primary N) is 1. The minimum atomic E-state index is -0.314. The number of thioether (sulfide) groups is 1. The fourth-order valence-electron chi connectivity index (χ4n) is 1.35. The van der Waals surface area contributed by atoms with E-state index in [9.17, 15) is 4.39 Å². The summed E-state index contributed by atoms with van der Waals surface area (Å²) in [7, 11) is 1.91. The Morgan fingerprint density at radius 1 is 1.41 bits per heavy atom. The highest BCUT2D eigenvalue weighted by Crippen LogP contribution is 2.24. The van der Waals surface area contributed by atoms with Crippen molar-refractivity contribution in [3.8, 4) is 0 Å². The van der Waals surface area contributed by atoms with Gasteiger partial charge in [-0.2, -0.15) is 0 Å². The highest BCUT2D eigenvalue weighted by atomic mass is 32.2. The van der Waals surface area contributed by atoms with Gasteiger partial charge in [0, 0.05) is 18.5 Å². The number of hydrogen-bond donors (Lipinski definition) is 1. The lowest BCUT2D eigenvalue weighted by atomic mass is 10.2. The molecule has 0 amide bonds. The highest BCUT2D eigenvalue weighted by molar-refractivity contribution is 7.98. The van der Waals surface area contributed by atoms with E-state index in [0.29, 0.717) is 11.4 Å². The molecule has 2 N–H and O–H groups in total. The van der Waals surface area contributed by atoms with Gasteiger partial charge in [-0.15, -0.1) is 10.2 Å². The normalized spacial score (nSPS) is 10.8. The molecule has 1 aromatic heterocycles. The minimum absolute atomic E-state index is 0.314. The summed E-state index contributed by atoms with van der Waals surface area (Å²) in [4.78, 5) is 0. The lowest BCUT2D eigenvalue weighted by molar-refractivity contribution is 0.628. The largest absolute Gasteiger partial charge is 0.398 e. The van der Waals surface area contributed by atoms with Crippen LogP contribution >= 0.6 is 11.8 Å². The van der Waals surface area contributed by atoms with Crippen LogP contribution in [0.2, 0.25) is 0 Å². The van der Waals surface area contributed by atoms with Crippen LogP contribution in [-0.2, 0) is 12.8 Å². The monoisotopic (exact) mass is 252 g/mol. The van der Waals surface area contributed by atoms with Crippen molar-refractivity contribution in [2.45, 2.75) is 17.8 Å². The zero-order valence-electron chi connectivity index (χ0n) is 9.64. The van der Waals surface area contributed by atoms with E-state index in [4.69, 9.17) is 5.73 Å². The van der Waals surface area contributed by atoms with Crippen molar-refractivity contribution in [2.24, 2.45) is 7.05 Å². The van der Waals surface area contributed by atoms with E-state index in [2.05, 4.69) is 10.2 Å². The topological polar surface area (TPSA) is 56.7 Å². The third kappa shape index (κ3) is 2.58. The molecule has 0 aliphatic heterocycles. The van der Waals surface area contributed by atoms with Crippen LogP contribution in [0.25, 0.3) is 0 Å². The van der Waals surface area contributed by atoms with Gasteiger partial charge in [0.15, 0.2) is 5.16 Å². The summed E-state index contributed by atoms with van der Waals surface area (Å²) in [5, 5.41) is 8.83. The first-order valence-electron chi connectivity index (χ1n) is 5.10. The Balaban J connectivity index is 2.10. The molecule has 0 saturated heterocycles. The third-order valence-electron chi connectivity index (χ3n) is 2.52. The quantitative estimate of drug-likeness (QED) is 0.671. The average Bonchev–Trinajstić information content (AvgIpc) is 2.59. The van der Waals surface area contributed by atoms with Gasteiger partial charge in [-0.1, -0.05) is 17.8 Å². The van der Waals surface area contributed by atoms with Crippen LogP contribution in [0, 0.1) is 12.7 Å². The number of aryl methyl sites for hydroxylation is 1. The Bertz CT molecular complexity index is 538. The second-order valence-electron chi connectivity index (χ2n) is 3.72. The van der Waals surface area contributed by atoms with Gasteiger partial charge >= 0.3 is 0 Å². The smallest absolute Gasteiger partial charge is 0.191 e. The molecule has 6 heteroatoms. The summed E-state index contributed by atoms with van der Waals surface area (Å²) >= 11 is 1.53. The lowest BCUT2D eigenvalue weighted by Gasteiger charge is -2.05. The molecule has 90 valence electrons. The highest BCUT2D eigenvalue weighted by Gasteiger charge is 2.07. The Hall–Kier alpha value is -1.56. The second kappa shape index (κ2) is 4.75. The van der Waals surface area contributed by atoms with Crippen molar-refractivity contribution in [3.63, 3.8) is 0 Å². The first-order valence-corrected chi connectivity index (χ1v) is 6.09. The van der Waals surface area contributed by atoms with Crippen LogP contribution in [0.4, 0.5) is 10.1 Å². The van der Waals surface area contributed by atoms with Gasteiger partial charge in [0.2, 0.25) is 0 Å². The van der Waals surface area contributed by atoms with E-state index >= 15 is 0 Å². The van der Waals surface area contributed by atoms with Gasteiger partial charge in [0.1, 0.15) is 11.6 Å². The van der Waals surface area contributed by atoms with E-state index < -0.39 is 0 Å². The first kappa shape index (κ1) is 11.9. The van der Waals surface area contributed by atoms with E-state index in [-0.39, 0.29) is 5.82 Å². The maximum atomic E-state index is 12.9. The van der Waals surface area contributed by atoms with Crippen LogP contribution in [0.15, 0.2) is 23.4 Å². The van der Waals surface area contributed by atoms with Crippen molar-refractivity contribution < 1.29 is 4.39 Å². The summed E-state index contributed by atoms with van der Waals surface area (Å²) in [6, 6.07) is 4.44. The summed E-state index contributed by atoms with van der Waals surface area (Å²) < 4.78 is 14.8. The van der Waals surface area contributed by atoms with Crippen molar-refractivity contribution in [1.29, 1.82) is 0 Å². The number of hydrogen-bond acceptors (Lipinski definition) is 4. The van der Waals surface area contributed by atoms with Crippen LogP contribution in [-0.4, -0.2) is 14.8 Å². The number of halogens is 1. The molecule has 0 atom stereocenters. The Labute approximate surface area is 103 Å². The van der Waals surface area contributed by atoms with Crippen molar-refractivity contribution >= 4 is 17.4 Å². The summed E-state index contributed by atoms with van der Waals surface area (Å²) in [6.45, 7) is 1.89. The fraction of sp³-hybridized carbons (Fsp3) is 0.273. The molecule has 0 aliphatic carbocycles. The second-order valence-corrected chi connectivity index (χ2v) is 4.66. The van der Waals surface area contributed by atoms with Crippen LogP contribution in [0.3, 0.4) is 0 Å². The summed E-state index contributed by atoms with van der Waals surface area (Å²) in [5.74, 6) is 1.20. The molecule has 1 heterocycles. The molecule has 0 aliphatic rings. The van der Waals surface area contributed by atoms with E-state index in [1.54, 1.807) is 6.07 Å². The predicted octanol–water partition coefficient (Wildman–Crippen LogP) is 2.14. The molecule has 0 radical (unpaired) electrons. The number of aromatic nitrogens is 3. The zero-order valence-corrected chi connectivity index (χ0v) is 10.5. The predicted molar refractivity (Wildman–Crippen MR) is 66.1 cm³/mol. The van der Waals surface area contributed by atoms with Crippen LogP contribution in [0.1, 0.15) is 11.4 Å². The van der Waals surface area contributed by atoms with E-state index in [1.807, 2.05) is 18.5 Å². The maximum Gasteiger partial charge on any atom is 0.191 e. The van der Waals surface area contributed by atoms with Crippen molar-refractivity contribution in [1.82, 2.24) is 14.8 Å². The number of anilines is 1. The van der Waals surface area contributed by atoms with Gasteiger partial charge in [-0.25, -0.2) is 4.39 Å². The zero-order chi connectivity index (χ0) is 12.4. The van der Waals surface area contributed by atoms with E-state index in [0.717, 1.165) is 16.5 Å². The Kier molecular flexibility index (Phi) is 3.33. The van der Waals surface area contributed by atoms with Gasteiger partial charge in [-0.3, -0.25) is 0 Å². The number of nitrogens with zero attached hydrogens (tertiary/aromatic N) is 3. The number of rotatable bonds is 3. The Morgan fingerprint density at radius 3 is 2.76 bits per heavy atom. The van der Waals surface area contributed by atoms with Crippen LogP contribution in [0.5, 0.6) is 0 Å². The lowest BCUT2D eigenvalue weighted by Crippen LogP contribution is -1.96. The fourth-order valence-corrected chi connectivity index (χ4v) is 2.32. The van der Waals surface area contributed by atoms with Gasteiger partial charge in [0.25, 0.3) is 0 Å². The molecule has 0 saturated carbocycles. The average molecular weight is 252 g/mol. The molecule has 1 aromatic carbocycles. The standard InChI is InChI=1S/C11H13FN4S/c1-7-14-15-11(16(7)2)17-6-8-3-4-9(12)5-10(8)13/h3-5H,6,13H2,1-2H3. The molecule has 2 aromatic rings. The first-order chi connectivity index (χ1) is 8.08. The molecule has 0 spiro atoms. The van der Waals surface area contributed by atoms with Gasteiger partial charge in [0.05, 0.1) is 0 Å². The van der Waals surface area contributed by atoms with Gasteiger partial charge < -0.3 is 10.3 Å². The molecule has 0 bridgehead atoms. The van der Waals surface area contributed by atoms with E-state index in [1.165, 1.54) is 23.9 Å². The molecule has 0 unspecified atom stereocenters. The molecule has 2 rings (SSSR count). The summed E-state index contributed by atoms with van der Waals surface area (Å²) in [6.07, 6.45) is 0. The van der Waals surface area contributed by atoms with Crippen LogP contribution < -0.4 is 5.73 Å². The van der Waals surface area contributed by atoms with Crippen molar-refractivity contribution in [3.05, 3.63) is 35.4 Å². The SMILES string of the molecule is Cc1nnc(SCc2ccc(F)cc2N)n1C. The molecular weight excluding hydrogens is 239 g/mol. The molecule has 17 heavy (non-hydrogen) atoms. The molecule has 4 nitrogen and oxygen atoms in total.